The van der Waals surface area contributed by atoms with Crippen molar-refractivity contribution in [1.82, 2.24) is 9.36 Å². The predicted octanol–water partition coefficient (Wildman–Crippen LogP) is -5.93. The summed E-state index contributed by atoms with van der Waals surface area (Å²) in [5.41, 5.74) is 9.54. The molecule has 3 aromatic rings. The predicted molar refractivity (Wildman–Crippen MR) is 107 cm³/mol. The number of nitrogen functional groups attached to an aromatic ring is 1. The van der Waals surface area contributed by atoms with Gasteiger partial charge in [0.05, 0.1) is 22.8 Å². The standard InChI is InChI=1S/C17H18N4O.ClH.Cu.6H2O/c1-12-16(18)17(19-14-10-6-7-11-15(14)22)21(20(12)2)13-8-4-3-5-9-13;;;;;;;;/h3-11,22H,18H2,1-2H3;1H;;6*1H2/q;;+2;;;;;;/p-2. The number of anilines is 1. The van der Waals surface area contributed by atoms with Gasteiger partial charge in [0.15, 0.2) is 5.49 Å². The number of hydrogen-bond donors (Lipinski definition) is 1. The zero-order chi connectivity index (χ0) is 15.7. The average Bonchev–Trinajstić information content (AvgIpc) is 2.75. The first-order valence-electron chi connectivity index (χ1n) is 7.00. The van der Waals surface area contributed by atoms with Crippen LogP contribution in [0.2, 0.25) is 0 Å². The zero-order valence-electron chi connectivity index (χ0n) is 16.2. The Hall–Kier alpha value is -2.38. The summed E-state index contributed by atoms with van der Waals surface area (Å²) < 4.78 is 3.83. The van der Waals surface area contributed by atoms with Crippen LogP contribution in [0.3, 0.4) is 0 Å². The molecular weight excluding hydrogens is 471 g/mol. The summed E-state index contributed by atoms with van der Waals surface area (Å²) in [6.45, 7) is 1.93. The molecule has 177 valence electrons. The molecule has 0 bridgehead atoms. The smallest absolute Gasteiger partial charge is 1.00 e. The Morgan fingerprint density at radius 1 is 0.833 bits per heavy atom. The van der Waals surface area contributed by atoms with Crippen molar-refractivity contribution >= 4 is 11.4 Å². The molecule has 14 N–H and O–H groups in total. The van der Waals surface area contributed by atoms with Crippen molar-refractivity contribution in [2.75, 3.05) is 5.73 Å². The van der Waals surface area contributed by atoms with E-state index in [1.807, 2.05) is 53.7 Å². The van der Waals surface area contributed by atoms with Gasteiger partial charge in [-0.1, -0.05) is 42.1 Å². The van der Waals surface area contributed by atoms with E-state index in [4.69, 9.17) is 5.73 Å². The van der Waals surface area contributed by atoms with Crippen LogP contribution in [-0.4, -0.2) is 42.2 Å². The van der Waals surface area contributed by atoms with Gasteiger partial charge in [-0.15, -0.1) is 0 Å². The first-order chi connectivity index (χ1) is 10.6. The Morgan fingerprint density at radius 3 is 1.80 bits per heavy atom. The third-order valence-electron chi connectivity index (χ3n) is 3.71. The molecule has 0 aliphatic carbocycles. The molecule has 0 saturated carbocycles. The van der Waals surface area contributed by atoms with Crippen molar-refractivity contribution in [3.05, 3.63) is 65.8 Å². The fourth-order valence-corrected chi connectivity index (χ4v) is 2.38. The normalized spacial score (nSPS) is 8.67. The van der Waals surface area contributed by atoms with E-state index in [2.05, 4.69) is 4.99 Å². The topological polar surface area (TPSA) is 260 Å². The Kier molecular flexibility index (Phi) is 24.4. The molecule has 0 fully saturated rings. The van der Waals surface area contributed by atoms with E-state index in [0.29, 0.717) is 16.9 Å². The van der Waals surface area contributed by atoms with Gasteiger partial charge in [-0.05, 0) is 25.1 Å². The second-order valence-electron chi connectivity index (χ2n) is 5.07. The Labute approximate surface area is 190 Å². The van der Waals surface area contributed by atoms with Gasteiger partial charge in [0.1, 0.15) is 0 Å². The van der Waals surface area contributed by atoms with Gasteiger partial charge in [-0.25, -0.2) is 9.67 Å². The van der Waals surface area contributed by atoms with E-state index in [9.17, 15) is 5.11 Å². The molecule has 1 radical (unpaired) electrons. The minimum absolute atomic E-state index is 0. The van der Waals surface area contributed by atoms with E-state index in [-0.39, 0.29) is 68.1 Å². The van der Waals surface area contributed by atoms with Gasteiger partial charge in [-0.3, -0.25) is 4.68 Å². The number of hydrogen-bond acceptors (Lipinski definition) is 3. The van der Waals surface area contributed by atoms with Gasteiger partial charge < -0.3 is 56.1 Å². The molecule has 0 atom stereocenters. The van der Waals surface area contributed by atoms with E-state index >= 15 is 0 Å². The molecule has 13 heteroatoms. The largest absolute Gasteiger partial charge is 2.00 e. The quantitative estimate of drug-likeness (QED) is 0.337. The molecule has 11 nitrogen and oxygen atoms in total. The van der Waals surface area contributed by atoms with Crippen LogP contribution in [0.4, 0.5) is 11.4 Å². The van der Waals surface area contributed by atoms with Crippen LogP contribution in [0.5, 0.6) is 5.75 Å². The maximum absolute atomic E-state index is 11.9. The molecule has 1 heterocycles. The molecule has 0 spiro atoms. The Balaban J connectivity index is -0.000000180. The molecule has 0 aliphatic rings. The fraction of sp³-hybridized carbons (Fsp3) is 0.118. The van der Waals surface area contributed by atoms with Gasteiger partial charge in [0, 0.05) is 7.05 Å². The second-order valence-corrected chi connectivity index (χ2v) is 5.07. The fourth-order valence-electron chi connectivity index (χ4n) is 2.38. The zero-order valence-corrected chi connectivity index (χ0v) is 17.9. The molecule has 0 saturated heterocycles. The first-order valence-corrected chi connectivity index (χ1v) is 7.00. The van der Waals surface area contributed by atoms with E-state index < -0.39 is 0 Å². The number of nitrogens with two attached hydrogens (primary N) is 1. The Bertz CT molecular complexity index is 905. The SMILES string of the molecule is Cc1c(N)c(=Nc2ccccc2[O-])n(-c2ccccc2)n1C.O.O.O.O.O.O.[Cl-].[Cu+2]. The second kappa shape index (κ2) is 17.5. The Morgan fingerprint density at radius 2 is 1.30 bits per heavy atom. The van der Waals surface area contributed by atoms with Crippen LogP contribution in [0.25, 0.3) is 5.69 Å². The third-order valence-corrected chi connectivity index (χ3v) is 3.71. The first kappa shape index (κ1) is 41.9. The molecule has 0 unspecified atom stereocenters. The van der Waals surface area contributed by atoms with Gasteiger partial charge >= 0.3 is 17.1 Å². The molecule has 1 aromatic heterocycles. The van der Waals surface area contributed by atoms with Gasteiger partial charge in [0.2, 0.25) is 0 Å². The van der Waals surface area contributed by atoms with Crippen LogP contribution in [-0.2, 0) is 24.1 Å². The van der Waals surface area contributed by atoms with Crippen LogP contribution in [0.15, 0.2) is 59.6 Å². The van der Waals surface area contributed by atoms with Crippen molar-refractivity contribution in [1.29, 1.82) is 0 Å². The summed E-state index contributed by atoms with van der Waals surface area (Å²) in [5.74, 6) is -0.122. The van der Waals surface area contributed by atoms with Crippen molar-refractivity contribution < 1.29 is 67.4 Å². The van der Waals surface area contributed by atoms with E-state index in [1.165, 1.54) is 6.07 Å². The number of benzene rings is 2. The van der Waals surface area contributed by atoms with Crippen molar-refractivity contribution in [2.45, 2.75) is 6.92 Å². The summed E-state index contributed by atoms with van der Waals surface area (Å²) in [6, 6.07) is 16.5. The molecule has 0 aliphatic heterocycles. The van der Waals surface area contributed by atoms with Crippen LogP contribution < -0.4 is 28.7 Å². The number of nitrogens with zero attached hydrogens (tertiary/aromatic N) is 3. The minimum atomic E-state index is -0.122. The molecule has 30 heavy (non-hydrogen) atoms. The van der Waals surface area contributed by atoms with Gasteiger partial charge in [0.25, 0.3) is 0 Å². The number of para-hydroxylation sites is 3. The molecular formula is C17H29ClCuN4O7. The number of rotatable bonds is 2. The molecule has 0 amide bonds. The van der Waals surface area contributed by atoms with E-state index in [0.717, 1.165) is 11.4 Å². The summed E-state index contributed by atoms with van der Waals surface area (Å²) in [7, 11) is 1.92. The van der Waals surface area contributed by atoms with Crippen LogP contribution in [0, 0.1) is 6.92 Å². The third kappa shape index (κ3) is 7.80. The van der Waals surface area contributed by atoms with Crippen LogP contribution in [0.1, 0.15) is 5.69 Å². The van der Waals surface area contributed by atoms with E-state index in [1.54, 1.807) is 18.2 Å². The summed E-state index contributed by atoms with van der Waals surface area (Å²) in [4.78, 5) is 4.50. The van der Waals surface area contributed by atoms with Crippen molar-refractivity contribution in [3.8, 4) is 11.4 Å². The molecule has 2 aromatic carbocycles. The summed E-state index contributed by atoms with van der Waals surface area (Å²) in [5, 5.41) is 11.9. The van der Waals surface area contributed by atoms with Crippen molar-refractivity contribution in [2.24, 2.45) is 12.0 Å². The summed E-state index contributed by atoms with van der Waals surface area (Å²) in [6.07, 6.45) is 0. The number of halogens is 1. The average molecular weight is 500 g/mol. The molecule has 3 rings (SSSR count). The van der Waals surface area contributed by atoms with Crippen LogP contribution >= 0.6 is 0 Å². The maximum atomic E-state index is 11.9. The monoisotopic (exact) mass is 499 g/mol. The number of aromatic nitrogens is 2. The minimum Gasteiger partial charge on any atom is -1.00 e. The maximum Gasteiger partial charge on any atom is 2.00 e. The summed E-state index contributed by atoms with van der Waals surface area (Å²) >= 11 is 0. The van der Waals surface area contributed by atoms with Crippen molar-refractivity contribution in [3.63, 3.8) is 0 Å². The van der Waals surface area contributed by atoms with Gasteiger partial charge in [-0.2, -0.15) is 0 Å².